The van der Waals surface area contributed by atoms with Crippen LogP contribution in [0, 0.1) is 5.82 Å². The molecule has 5 heteroatoms. The van der Waals surface area contributed by atoms with E-state index in [9.17, 15) is 14.6 Å². The molecule has 2 rings (SSSR count). The van der Waals surface area contributed by atoms with Crippen LogP contribution >= 0.6 is 15.9 Å². The molecule has 1 unspecified atom stereocenters. The van der Waals surface area contributed by atoms with Crippen LogP contribution in [0.5, 0.6) is 11.5 Å². The molecule has 0 saturated carbocycles. The quantitative estimate of drug-likeness (QED) is 0.736. The molecule has 0 spiro atoms. The number of halogens is 2. The van der Waals surface area contributed by atoms with E-state index in [0.29, 0.717) is 12.0 Å². The lowest BCUT2D eigenvalue weighted by atomic mass is 9.97. The lowest BCUT2D eigenvalue weighted by Gasteiger charge is -2.24. The molecule has 1 heterocycles. The van der Waals surface area contributed by atoms with Gasteiger partial charge in [-0.2, -0.15) is 0 Å². The van der Waals surface area contributed by atoms with E-state index in [2.05, 4.69) is 21.2 Å². The first-order valence-corrected chi connectivity index (χ1v) is 6.51. The normalized spacial score (nSPS) is 20.5. The summed E-state index contributed by atoms with van der Waals surface area (Å²) >= 11 is 3.03. The summed E-state index contributed by atoms with van der Waals surface area (Å²) in [6.45, 7) is 0.972. The molecule has 0 amide bonds. The second-order valence-corrected chi connectivity index (χ2v) is 5.23. The Morgan fingerprint density at radius 2 is 2.12 bits per heavy atom. The van der Waals surface area contributed by atoms with Gasteiger partial charge >= 0.3 is 0 Å². The molecule has 17 heavy (non-hydrogen) atoms. The zero-order chi connectivity index (χ0) is 12.4. The third-order valence-electron chi connectivity index (χ3n) is 3.13. The fourth-order valence-corrected chi connectivity index (χ4v) is 2.64. The van der Waals surface area contributed by atoms with Gasteiger partial charge in [0.15, 0.2) is 17.3 Å². The predicted molar refractivity (Wildman–Crippen MR) is 66.8 cm³/mol. The highest BCUT2D eigenvalue weighted by atomic mass is 79.9. The molecule has 1 atom stereocenters. The fraction of sp³-hybridized carbons (Fsp3) is 0.500. The zero-order valence-corrected chi connectivity index (χ0v) is 10.9. The molecule has 1 saturated heterocycles. The molecule has 1 fully saturated rings. The molecule has 3 nitrogen and oxygen atoms in total. The summed E-state index contributed by atoms with van der Waals surface area (Å²) in [4.78, 5) is 0. The first-order valence-electron chi connectivity index (χ1n) is 5.71. The van der Waals surface area contributed by atoms with Gasteiger partial charge in [0.2, 0.25) is 0 Å². The van der Waals surface area contributed by atoms with Crippen LogP contribution in [0.25, 0.3) is 0 Å². The summed E-state index contributed by atoms with van der Waals surface area (Å²) in [5, 5.41) is 22.5. The van der Waals surface area contributed by atoms with E-state index in [1.165, 1.54) is 12.5 Å². The Morgan fingerprint density at radius 1 is 1.35 bits per heavy atom. The van der Waals surface area contributed by atoms with Gasteiger partial charge < -0.3 is 15.5 Å². The van der Waals surface area contributed by atoms with Gasteiger partial charge in [-0.05, 0) is 47.8 Å². The molecule has 0 aliphatic carbocycles. The van der Waals surface area contributed by atoms with Crippen LogP contribution in [0.2, 0.25) is 0 Å². The summed E-state index contributed by atoms with van der Waals surface area (Å²) in [7, 11) is 0. The van der Waals surface area contributed by atoms with Crippen molar-refractivity contribution in [3.05, 3.63) is 21.9 Å². The van der Waals surface area contributed by atoms with Gasteiger partial charge in [-0.25, -0.2) is 4.39 Å². The van der Waals surface area contributed by atoms with Crippen molar-refractivity contribution in [3.8, 4) is 11.5 Å². The maximum absolute atomic E-state index is 13.3. The van der Waals surface area contributed by atoms with E-state index in [1.807, 2.05) is 0 Å². The van der Waals surface area contributed by atoms with Crippen LogP contribution in [-0.4, -0.2) is 22.8 Å². The maximum atomic E-state index is 13.3. The van der Waals surface area contributed by atoms with E-state index in [0.717, 1.165) is 19.4 Å². The maximum Gasteiger partial charge on any atom is 0.195 e. The Hall–Kier alpha value is -0.810. The molecular weight excluding hydrogens is 289 g/mol. The number of phenols is 2. The van der Waals surface area contributed by atoms with E-state index >= 15 is 0 Å². The molecule has 1 aliphatic rings. The number of benzene rings is 1. The van der Waals surface area contributed by atoms with Crippen molar-refractivity contribution in [1.82, 2.24) is 5.32 Å². The van der Waals surface area contributed by atoms with Gasteiger partial charge in [-0.1, -0.05) is 6.42 Å². The lowest BCUT2D eigenvalue weighted by Crippen LogP contribution is -2.35. The van der Waals surface area contributed by atoms with Crippen molar-refractivity contribution >= 4 is 15.9 Å². The van der Waals surface area contributed by atoms with E-state index in [4.69, 9.17) is 0 Å². The number of phenolic OH excluding ortho intramolecular Hbond substituents is 2. The molecular formula is C12H15BrFNO2. The average Bonchev–Trinajstić information content (AvgIpc) is 2.35. The molecule has 0 aromatic heterocycles. The zero-order valence-electron chi connectivity index (χ0n) is 9.34. The summed E-state index contributed by atoms with van der Waals surface area (Å²) in [6, 6.07) is 1.81. The minimum atomic E-state index is -0.817. The SMILES string of the molecule is Oc1c(CC2CCCCN2)cc(Br)c(F)c1O. The number of rotatable bonds is 2. The Bertz CT molecular complexity index is 419. The molecule has 1 aromatic carbocycles. The first kappa shape index (κ1) is 12.6. The highest BCUT2D eigenvalue weighted by molar-refractivity contribution is 9.10. The van der Waals surface area contributed by atoms with Crippen molar-refractivity contribution in [3.63, 3.8) is 0 Å². The first-order chi connectivity index (χ1) is 8.09. The van der Waals surface area contributed by atoms with E-state index in [1.54, 1.807) is 0 Å². The fourth-order valence-electron chi connectivity index (χ4n) is 2.17. The summed E-state index contributed by atoms with van der Waals surface area (Å²) in [6.07, 6.45) is 3.96. The van der Waals surface area contributed by atoms with E-state index in [-0.39, 0.29) is 16.3 Å². The largest absolute Gasteiger partial charge is 0.504 e. The molecule has 94 valence electrons. The van der Waals surface area contributed by atoms with Crippen molar-refractivity contribution in [1.29, 1.82) is 0 Å². The van der Waals surface area contributed by atoms with E-state index < -0.39 is 11.6 Å². The lowest BCUT2D eigenvalue weighted by molar-refractivity contribution is 0.363. The molecule has 1 aliphatic heterocycles. The van der Waals surface area contributed by atoms with Crippen LogP contribution in [0.15, 0.2) is 10.5 Å². The summed E-state index contributed by atoms with van der Waals surface area (Å²) in [5.41, 5.74) is 0.565. The molecule has 3 N–H and O–H groups in total. The number of hydrogen-bond donors (Lipinski definition) is 3. The Kier molecular flexibility index (Phi) is 3.89. The Labute approximate surface area is 108 Å². The van der Waals surface area contributed by atoms with Gasteiger partial charge in [-0.3, -0.25) is 0 Å². The smallest absolute Gasteiger partial charge is 0.195 e. The summed E-state index contributed by atoms with van der Waals surface area (Å²) < 4.78 is 13.5. The van der Waals surface area contributed by atoms with Crippen LogP contribution in [0.4, 0.5) is 4.39 Å². The highest BCUT2D eigenvalue weighted by Gasteiger charge is 2.20. The second-order valence-electron chi connectivity index (χ2n) is 4.38. The van der Waals surface area contributed by atoms with Crippen LogP contribution in [0.1, 0.15) is 24.8 Å². The molecule has 0 radical (unpaired) electrons. The van der Waals surface area contributed by atoms with Gasteiger partial charge in [-0.15, -0.1) is 0 Å². The minimum absolute atomic E-state index is 0.179. The van der Waals surface area contributed by atoms with Gasteiger partial charge in [0, 0.05) is 11.6 Å². The van der Waals surface area contributed by atoms with Crippen LogP contribution < -0.4 is 5.32 Å². The Balaban J connectivity index is 2.20. The van der Waals surface area contributed by atoms with Gasteiger partial charge in [0.1, 0.15) is 0 Å². The number of aromatic hydroxyl groups is 2. The Morgan fingerprint density at radius 3 is 2.76 bits per heavy atom. The average molecular weight is 304 g/mol. The van der Waals surface area contributed by atoms with Crippen molar-refractivity contribution < 1.29 is 14.6 Å². The topological polar surface area (TPSA) is 52.5 Å². The number of piperidine rings is 1. The molecule has 0 bridgehead atoms. The molecule has 1 aromatic rings. The van der Waals surface area contributed by atoms with Crippen molar-refractivity contribution in [2.45, 2.75) is 31.7 Å². The van der Waals surface area contributed by atoms with Gasteiger partial charge in [0.05, 0.1) is 4.47 Å². The third kappa shape index (κ3) is 2.72. The minimum Gasteiger partial charge on any atom is -0.504 e. The van der Waals surface area contributed by atoms with Crippen molar-refractivity contribution in [2.75, 3.05) is 6.54 Å². The third-order valence-corrected chi connectivity index (χ3v) is 3.70. The number of nitrogens with one attached hydrogen (secondary N) is 1. The summed E-state index contributed by atoms with van der Waals surface area (Å²) in [5.74, 6) is -1.84. The van der Waals surface area contributed by atoms with Crippen molar-refractivity contribution in [2.24, 2.45) is 0 Å². The monoisotopic (exact) mass is 303 g/mol. The van der Waals surface area contributed by atoms with Gasteiger partial charge in [0.25, 0.3) is 0 Å². The van der Waals surface area contributed by atoms with Crippen LogP contribution in [-0.2, 0) is 6.42 Å². The predicted octanol–water partition coefficient (Wildman–Crippen LogP) is 2.68. The van der Waals surface area contributed by atoms with Crippen LogP contribution in [0.3, 0.4) is 0 Å². The number of hydrogen-bond acceptors (Lipinski definition) is 3. The second kappa shape index (κ2) is 5.23. The highest BCUT2D eigenvalue weighted by Crippen LogP contribution is 2.37. The standard InChI is InChI=1S/C12H15BrFNO2/c13-9-6-7(11(16)12(17)10(9)14)5-8-3-1-2-4-15-8/h6,8,15-17H,1-5H2.